The van der Waals surface area contributed by atoms with Gasteiger partial charge in [0.15, 0.2) is 0 Å². The molecule has 2 atom stereocenters. The lowest BCUT2D eigenvalue weighted by Crippen LogP contribution is -2.38. The molecule has 2 rings (SSSR count). The van der Waals surface area contributed by atoms with Crippen molar-refractivity contribution in [3.05, 3.63) is 35.6 Å². The topological polar surface area (TPSA) is 49.3 Å². The van der Waals surface area contributed by atoms with Crippen molar-refractivity contribution in [2.24, 2.45) is 5.92 Å². The molecular formula is C13H16FNO2. The first kappa shape index (κ1) is 12.0. The third-order valence-corrected chi connectivity index (χ3v) is 3.80. The third-order valence-electron chi connectivity index (χ3n) is 3.80. The van der Waals surface area contributed by atoms with Gasteiger partial charge in [0.1, 0.15) is 5.82 Å². The number of carboxylic acids is 1. The Balaban J connectivity index is 2.43. The molecule has 0 bridgehead atoms. The molecule has 1 heterocycles. The van der Waals surface area contributed by atoms with Gasteiger partial charge >= 0.3 is 5.97 Å². The van der Waals surface area contributed by atoms with Gasteiger partial charge in [-0.15, -0.1) is 0 Å². The SMILES string of the molecule is CCC1(c2ccc(F)cc2)CNCC1C(=O)O. The minimum Gasteiger partial charge on any atom is -0.481 e. The van der Waals surface area contributed by atoms with Crippen LogP contribution < -0.4 is 5.32 Å². The molecule has 0 saturated carbocycles. The van der Waals surface area contributed by atoms with E-state index in [1.165, 1.54) is 12.1 Å². The molecular weight excluding hydrogens is 221 g/mol. The zero-order chi connectivity index (χ0) is 12.5. The Morgan fingerprint density at radius 2 is 2.18 bits per heavy atom. The van der Waals surface area contributed by atoms with Gasteiger partial charge in [-0.2, -0.15) is 0 Å². The Morgan fingerprint density at radius 3 is 2.71 bits per heavy atom. The molecule has 0 aromatic heterocycles. The van der Waals surface area contributed by atoms with Gasteiger partial charge in [0.2, 0.25) is 0 Å². The number of hydrogen-bond acceptors (Lipinski definition) is 2. The van der Waals surface area contributed by atoms with Crippen LogP contribution in [0.25, 0.3) is 0 Å². The van der Waals surface area contributed by atoms with E-state index in [0.29, 0.717) is 13.1 Å². The van der Waals surface area contributed by atoms with Crippen molar-refractivity contribution in [3.8, 4) is 0 Å². The molecule has 0 spiro atoms. The van der Waals surface area contributed by atoms with Crippen LogP contribution in [-0.4, -0.2) is 24.2 Å². The van der Waals surface area contributed by atoms with Gasteiger partial charge < -0.3 is 10.4 Å². The fourth-order valence-corrected chi connectivity index (χ4v) is 2.74. The molecule has 4 heteroatoms. The molecule has 92 valence electrons. The molecule has 1 aliphatic rings. The number of halogens is 1. The largest absolute Gasteiger partial charge is 0.481 e. The summed E-state index contributed by atoms with van der Waals surface area (Å²) in [4.78, 5) is 11.3. The second kappa shape index (κ2) is 4.45. The molecule has 0 aliphatic carbocycles. The number of carbonyl (C=O) groups is 1. The fourth-order valence-electron chi connectivity index (χ4n) is 2.74. The fraction of sp³-hybridized carbons (Fsp3) is 0.462. The number of benzene rings is 1. The van der Waals surface area contributed by atoms with Crippen LogP contribution in [0.4, 0.5) is 4.39 Å². The Morgan fingerprint density at radius 1 is 1.53 bits per heavy atom. The van der Waals surface area contributed by atoms with Crippen LogP contribution in [0.3, 0.4) is 0 Å². The van der Waals surface area contributed by atoms with Crippen molar-refractivity contribution >= 4 is 5.97 Å². The minimum absolute atomic E-state index is 0.294. The van der Waals surface area contributed by atoms with E-state index in [0.717, 1.165) is 12.0 Å². The molecule has 2 N–H and O–H groups in total. The van der Waals surface area contributed by atoms with Gasteiger partial charge in [-0.05, 0) is 24.1 Å². The zero-order valence-electron chi connectivity index (χ0n) is 9.74. The number of aliphatic carboxylic acids is 1. The minimum atomic E-state index is -0.791. The van der Waals surface area contributed by atoms with E-state index >= 15 is 0 Å². The maximum atomic E-state index is 12.9. The smallest absolute Gasteiger partial charge is 0.308 e. The molecule has 1 aromatic carbocycles. The quantitative estimate of drug-likeness (QED) is 0.842. The first-order chi connectivity index (χ1) is 8.10. The summed E-state index contributed by atoms with van der Waals surface area (Å²) in [6.45, 7) is 3.08. The summed E-state index contributed by atoms with van der Waals surface area (Å²) in [7, 11) is 0. The van der Waals surface area contributed by atoms with E-state index in [9.17, 15) is 14.3 Å². The molecule has 3 nitrogen and oxygen atoms in total. The van der Waals surface area contributed by atoms with Crippen LogP contribution >= 0.6 is 0 Å². The number of nitrogens with one attached hydrogen (secondary N) is 1. The highest BCUT2D eigenvalue weighted by Gasteiger charge is 2.46. The van der Waals surface area contributed by atoms with E-state index in [1.807, 2.05) is 6.92 Å². The van der Waals surface area contributed by atoms with E-state index in [1.54, 1.807) is 12.1 Å². The maximum Gasteiger partial charge on any atom is 0.308 e. The average molecular weight is 237 g/mol. The molecule has 0 radical (unpaired) electrons. The first-order valence-electron chi connectivity index (χ1n) is 5.79. The van der Waals surface area contributed by atoms with Crippen molar-refractivity contribution < 1.29 is 14.3 Å². The van der Waals surface area contributed by atoms with Gasteiger partial charge in [0.05, 0.1) is 5.92 Å². The molecule has 1 aromatic rings. The standard InChI is InChI=1S/C13H16FNO2/c1-2-13(8-15-7-11(13)12(16)17)9-3-5-10(14)6-4-9/h3-6,11,15H,2,7-8H2,1H3,(H,16,17). The van der Waals surface area contributed by atoms with Crippen molar-refractivity contribution in [2.45, 2.75) is 18.8 Å². The van der Waals surface area contributed by atoms with Gasteiger partial charge in [0, 0.05) is 18.5 Å². The Hall–Kier alpha value is -1.42. The van der Waals surface area contributed by atoms with E-state index < -0.39 is 17.3 Å². The number of hydrogen-bond donors (Lipinski definition) is 2. The molecule has 2 unspecified atom stereocenters. The van der Waals surface area contributed by atoms with Crippen LogP contribution in [0.15, 0.2) is 24.3 Å². The van der Waals surface area contributed by atoms with Crippen molar-refractivity contribution in [1.82, 2.24) is 5.32 Å². The lowest BCUT2D eigenvalue weighted by atomic mass is 9.70. The van der Waals surface area contributed by atoms with Gasteiger partial charge in [0.25, 0.3) is 0 Å². The monoisotopic (exact) mass is 237 g/mol. The van der Waals surface area contributed by atoms with Crippen LogP contribution in [0.1, 0.15) is 18.9 Å². The second-order valence-corrected chi connectivity index (χ2v) is 4.54. The summed E-state index contributed by atoms with van der Waals surface area (Å²) in [5.41, 5.74) is 0.485. The summed E-state index contributed by atoms with van der Waals surface area (Å²) in [6, 6.07) is 6.18. The molecule has 1 aliphatic heterocycles. The molecule has 1 fully saturated rings. The third kappa shape index (κ3) is 1.93. The molecule has 1 saturated heterocycles. The summed E-state index contributed by atoms with van der Waals surface area (Å²) >= 11 is 0. The van der Waals surface area contributed by atoms with E-state index in [4.69, 9.17) is 0 Å². The number of rotatable bonds is 3. The lowest BCUT2D eigenvalue weighted by molar-refractivity contribution is -0.143. The predicted molar refractivity (Wildman–Crippen MR) is 62.4 cm³/mol. The Labute approximate surface area is 99.7 Å². The van der Waals surface area contributed by atoms with Crippen molar-refractivity contribution in [2.75, 3.05) is 13.1 Å². The van der Waals surface area contributed by atoms with E-state index in [-0.39, 0.29) is 5.82 Å². The van der Waals surface area contributed by atoms with Gasteiger partial charge in [-0.25, -0.2) is 4.39 Å². The Bertz CT molecular complexity index is 418. The highest BCUT2D eigenvalue weighted by Crippen LogP contribution is 2.38. The van der Waals surface area contributed by atoms with Gasteiger partial charge in [-0.1, -0.05) is 19.1 Å². The van der Waals surface area contributed by atoms with Crippen molar-refractivity contribution in [1.29, 1.82) is 0 Å². The van der Waals surface area contributed by atoms with Crippen LogP contribution in [-0.2, 0) is 10.2 Å². The first-order valence-corrected chi connectivity index (χ1v) is 5.79. The normalized spacial score (nSPS) is 28.2. The summed E-state index contributed by atoms with van der Waals surface area (Å²) in [5, 5.41) is 12.4. The second-order valence-electron chi connectivity index (χ2n) is 4.54. The predicted octanol–water partition coefficient (Wildman–Crippen LogP) is 1.78. The average Bonchev–Trinajstić information content (AvgIpc) is 2.75. The van der Waals surface area contributed by atoms with Crippen LogP contribution in [0, 0.1) is 11.7 Å². The lowest BCUT2D eigenvalue weighted by Gasteiger charge is -2.32. The highest BCUT2D eigenvalue weighted by atomic mass is 19.1. The van der Waals surface area contributed by atoms with E-state index in [2.05, 4.69) is 5.32 Å². The van der Waals surface area contributed by atoms with Crippen LogP contribution in [0.5, 0.6) is 0 Å². The summed E-state index contributed by atoms with van der Waals surface area (Å²) < 4.78 is 12.9. The molecule has 17 heavy (non-hydrogen) atoms. The van der Waals surface area contributed by atoms with Gasteiger partial charge in [-0.3, -0.25) is 4.79 Å². The van der Waals surface area contributed by atoms with Crippen molar-refractivity contribution in [3.63, 3.8) is 0 Å². The van der Waals surface area contributed by atoms with Crippen LogP contribution in [0.2, 0.25) is 0 Å². The summed E-state index contributed by atoms with van der Waals surface area (Å²) in [5.74, 6) is -1.53. The Kier molecular flexibility index (Phi) is 3.15. The highest BCUT2D eigenvalue weighted by molar-refractivity contribution is 5.73. The zero-order valence-corrected chi connectivity index (χ0v) is 9.74. The molecule has 0 amide bonds. The summed E-state index contributed by atoms with van der Waals surface area (Å²) in [6.07, 6.45) is 0.725. The maximum absolute atomic E-state index is 12.9. The number of carboxylic acid groups (broad SMARTS) is 1.